The number of hydrogen-bond acceptors (Lipinski definition) is 3. The molecule has 0 aromatic heterocycles. The normalized spacial score (nSPS) is 10.7. The van der Waals surface area contributed by atoms with E-state index in [-0.39, 0.29) is 12.1 Å². The minimum Gasteiger partial charge on any atom is -0.478 e. The molecule has 0 heterocycles. The van der Waals surface area contributed by atoms with Crippen LogP contribution < -0.4 is 16.4 Å². The highest BCUT2D eigenvalue weighted by atomic mass is 16.4. The first kappa shape index (κ1) is 15.5. The van der Waals surface area contributed by atoms with Crippen molar-refractivity contribution in [2.24, 2.45) is 5.73 Å². The summed E-state index contributed by atoms with van der Waals surface area (Å²) in [5.41, 5.74) is 4.90. The summed E-state index contributed by atoms with van der Waals surface area (Å²) in [6.45, 7) is 3.20. The maximum atomic E-state index is 11.6. The lowest BCUT2D eigenvalue weighted by Crippen LogP contribution is -2.55. The molecule has 0 bridgehead atoms. The Labute approximate surface area is 116 Å². The summed E-state index contributed by atoms with van der Waals surface area (Å²) in [5, 5.41) is 13.7. The lowest BCUT2D eigenvalue weighted by atomic mass is 10.1. The number of aromatic carboxylic acids is 1. The fourth-order valence-corrected chi connectivity index (χ4v) is 1.34. The Kier molecular flexibility index (Phi) is 4.68. The summed E-state index contributed by atoms with van der Waals surface area (Å²) < 4.78 is 0. The molecule has 0 fully saturated rings. The van der Waals surface area contributed by atoms with Gasteiger partial charge in [-0.2, -0.15) is 0 Å². The first-order valence-electron chi connectivity index (χ1n) is 5.90. The highest BCUT2D eigenvalue weighted by Crippen LogP contribution is 2.04. The van der Waals surface area contributed by atoms with Crippen LogP contribution in [-0.2, 0) is 11.3 Å². The number of urea groups is 1. The van der Waals surface area contributed by atoms with Gasteiger partial charge in [-0.15, -0.1) is 0 Å². The second-order valence-electron chi connectivity index (χ2n) is 4.80. The predicted molar refractivity (Wildman–Crippen MR) is 72.0 cm³/mol. The number of benzene rings is 1. The van der Waals surface area contributed by atoms with E-state index in [1.807, 2.05) is 0 Å². The van der Waals surface area contributed by atoms with E-state index >= 15 is 0 Å². The fraction of sp³-hybridized carbons (Fsp3) is 0.308. The molecule has 0 aliphatic rings. The van der Waals surface area contributed by atoms with Crippen LogP contribution in [0.25, 0.3) is 0 Å². The minimum absolute atomic E-state index is 0.174. The van der Waals surface area contributed by atoms with Crippen LogP contribution in [0.1, 0.15) is 29.8 Å². The van der Waals surface area contributed by atoms with Gasteiger partial charge < -0.3 is 21.5 Å². The van der Waals surface area contributed by atoms with Crippen LogP contribution in [0.15, 0.2) is 24.3 Å². The van der Waals surface area contributed by atoms with Crippen LogP contribution in [0.3, 0.4) is 0 Å². The smallest absolute Gasteiger partial charge is 0.335 e. The van der Waals surface area contributed by atoms with Crippen molar-refractivity contribution >= 4 is 17.9 Å². The van der Waals surface area contributed by atoms with Gasteiger partial charge in [0.15, 0.2) is 0 Å². The second kappa shape index (κ2) is 6.05. The maximum Gasteiger partial charge on any atom is 0.335 e. The van der Waals surface area contributed by atoms with Crippen molar-refractivity contribution in [1.82, 2.24) is 10.6 Å². The topological polar surface area (TPSA) is 122 Å². The van der Waals surface area contributed by atoms with Gasteiger partial charge in [0.2, 0.25) is 5.91 Å². The molecule has 0 radical (unpaired) electrons. The number of carboxylic acid groups (broad SMARTS) is 1. The molecule has 5 N–H and O–H groups in total. The van der Waals surface area contributed by atoms with Crippen molar-refractivity contribution < 1.29 is 19.5 Å². The summed E-state index contributed by atoms with van der Waals surface area (Å²) >= 11 is 0. The van der Waals surface area contributed by atoms with Crippen molar-refractivity contribution in [2.45, 2.75) is 25.9 Å². The Morgan fingerprint density at radius 2 is 1.75 bits per heavy atom. The summed E-state index contributed by atoms with van der Waals surface area (Å²) in [6.07, 6.45) is 0. The van der Waals surface area contributed by atoms with Gasteiger partial charge >= 0.3 is 12.0 Å². The van der Waals surface area contributed by atoms with E-state index < -0.39 is 23.4 Å². The Hall–Kier alpha value is -2.57. The zero-order chi connectivity index (χ0) is 15.3. The average molecular weight is 279 g/mol. The molecule has 108 valence electrons. The number of carbonyl (C=O) groups excluding carboxylic acids is 2. The Balaban J connectivity index is 2.53. The number of rotatable bonds is 5. The molecular formula is C13H17N3O4. The summed E-state index contributed by atoms with van der Waals surface area (Å²) in [4.78, 5) is 33.3. The van der Waals surface area contributed by atoms with Gasteiger partial charge in [-0.25, -0.2) is 9.59 Å². The number of nitrogens with one attached hydrogen (secondary N) is 2. The van der Waals surface area contributed by atoms with Crippen LogP contribution in [0, 0.1) is 0 Å². The van der Waals surface area contributed by atoms with E-state index in [2.05, 4.69) is 10.6 Å². The number of nitrogens with two attached hydrogens (primary N) is 1. The van der Waals surface area contributed by atoms with E-state index in [0.29, 0.717) is 0 Å². The van der Waals surface area contributed by atoms with E-state index in [4.69, 9.17) is 10.8 Å². The van der Waals surface area contributed by atoms with Crippen LogP contribution in [0.2, 0.25) is 0 Å². The van der Waals surface area contributed by atoms with Gasteiger partial charge in [-0.3, -0.25) is 4.79 Å². The molecule has 0 aliphatic heterocycles. The van der Waals surface area contributed by atoms with Crippen molar-refractivity contribution in [3.8, 4) is 0 Å². The summed E-state index contributed by atoms with van der Waals surface area (Å²) in [6, 6.07) is 5.57. The molecule has 1 aromatic carbocycles. The monoisotopic (exact) mass is 279 g/mol. The van der Waals surface area contributed by atoms with Crippen LogP contribution in [0.5, 0.6) is 0 Å². The van der Waals surface area contributed by atoms with Crippen LogP contribution in [-0.4, -0.2) is 28.6 Å². The third-order valence-electron chi connectivity index (χ3n) is 2.70. The van der Waals surface area contributed by atoms with Crippen molar-refractivity contribution in [2.75, 3.05) is 0 Å². The number of hydrogen-bond donors (Lipinski definition) is 4. The Morgan fingerprint density at radius 3 is 2.20 bits per heavy atom. The predicted octanol–water partition coefficient (Wildman–Crippen LogP) is 0.448. The van der Waals surface area contributed by atoms with Crippen LogP contribution >= 0.6 is 0 Å². The van der Waals surface area contributed by atoms with E-state index in [1.54, 1.807) is 12.1 Å². The highest BCUT2D eigenvalue weighted by molar-refractivity contribution is 5.89. The number of amides is 3. The molecule has 0 spiro atoms. The molecule has 0 aliphatic carbocycles. The molecule has 7 heteroatoms. The first-order valence-corrected chi connectivity index (χ1v) is 5.90. The lowest BCUT2D eigenvalue weighted by Gasteiger charge is -2.22. The first-order chi connectivity index (χ1) is 9.22. The van der Waals surface area contributed by atoms with E-state index in [0.717, 1.165) is 5.56 Å². The van der Waals surface area contributed by atoms with Crippen molar-refractivity contribution in [3.63, 3.8) is 0 Å². The minimum atomic E-state index is -1.14. The number of carboxylic acids is 1. The SMILES string of the molecule is CC(C)(NC(=O)NCc1ccc(C(=O)O)cc1)C(N)=O. The molecular weight excluding hydrogens is 262 g/mol. The van der Waals surface area contributed by atoms with Gasteiger partial charge in [0.25, 0.3) is 0 Å². The number of carbonyl (C=O) groups is 3. The Morgan fingerprint density at radius 1 is 1.20 bits per heavy atom. The van der Waals surface area contributed by atoms with Crippen molar-refractivity contribution in [3.05, 3.63) is 35.4 Å². The van der Waals surface area contributed by atoms with Gasteiger partial charge in [0.05, 0.1) is 5.56 Å². The van der Waals surface area contributed by atoms with Gasteiger partial charge in [-0.05, 0) is 31.5 Å². The summed E-state index contributed by atoms with van der Waals surface area (Å²) in [5.74, 6) is -1.65. The fourth-order valence-electron chi connectivity index (χ4n) is 1.34. The molecule has 0 saturated heterocycles. The molecule has 1 aromatic rings. The van der Waals surface area contributed by atoms with Gasteiger partial charge in [-0.1, -0.05) is 12.1 Å². The molecule has 0 saturated carbocycles. The molecule has 0 atom stereocenters. The van der Waals surface area contributed by atoms with Gasteiger partial charge in [0, 0.05) is 6.54 Å². The standard InChI is InChI=1S/C13H17N3O4/c1-13(2,11(14)19)16-12(20)15-7-8-3-5-9(6-4-8)10(17)18/h3-6H,7H2,1-2H3,(H2,14,19)(H,17,18)(H2,15,16,20). The number of primary amides is 1. The van der Waals surface area contributed by atoms with Crippen LogP contribution in [0.4, 0.5) is 4.79 Å². The van der Waals surface area contributed by atoms with E-state index in [9.17, 15) is 14.4 Å². The molecule has 3 amide bonds. The zero-order valence-corrected chi connectivity index (χ0v) is 11.3. The zero-order valence-electron chi connectivity index (χ0n) is 11.3. The van der Waals surface area contributed by atoms with Gasteiger partial charge in [0.1, 0.15) is 5.54 Å². The highest BCUT2D eigenvalue weighted by Gasteiger charge is 2.26. The third kappa shape index (κ3) is 4.27. The largest absolute Gasteiger partial charge is 0.478 e. The lowest BCUT2D eigenvalue weighted by molar-refractivity contribution is -0.122. The quantitative estimate of drug-likeness (QED) is 0.625. The molecule has 1 rings (SSSR count). The second-order valence-corrected chi connectivity index (χ2v) is 4.80. The summed E-state index contributed by atoms with van der Waals surface area (Å²) in [7, 11) is 0. The molecule has 7 nitrogen and oxygen atoms in total. The maximum absolute atomic E-state index is 11.6. The average Bonchev–Trinajstić information content (AvgIpc) is 2.36. The molecule has 0 unspecified atom stereocenters. The molecule has 20 heavy (non-hydrogen) atoms. The van der Waals surface area contributed by atoms with E-state index in [1.165, 1.54) is 26.0 Å². The third-order valence-corrected chi connectivity index (χ3v) is 2.70. The van der Waals surface area contributed by atoms with Crippen molar-refractivity contribution in [1.29, 1.82) is 0 Å². The Bertz CT molecular complexity index is 523.